The van der Waals surface area contributed by atoms with E-state index in [9.17, 15) is 70.9 Å². The van der Waals surface area contributed by atoms with Crippen LogP contribution in [0, 0.1) is 0 Å². The molecule has 3 heterocycles. The molecule has 2 amide bonds. The number of hydrogen-bond acceptors (Lipinski definition) is 20. The van der Waals surface area contributed by atoms with E-state index in [1.54, 1.807) is 0 Å². The van der Waals surface area contributed by atoms with Gasteiger partial charge in [-0.15, -0.1) is 0 Å². The van der Waals surface area contributed by atoms with Gasteiger partial charge >= 0.3 is 0 Å². The van der Waals surface area contributed by atoms with Crippen molar-refractivity contribution in [1.82, 2.24) is 10.6 Å². The quantitative estimate of drug-likeness (QED) is 0.0390. The van der Waals surface area contributed by atoms with Gasteiger partial charge in [-0.25, -0.2) is 0 Å². The van der Waals surface area contributed by atoms with Crippen LogP contribution in [0.1, 0.15) is 213 Å². The van der Waals surface area contributed by atoms with E-state index in [2.05, 4.69) is 24.5 Å². The van der Waals surface area contributed by atoms with Crippen LogP contribution in [0.5, 0.6) is 0 Å². The molecule has 3 saturated heterocycles. The summed E-state index contributed by atoms with van der Waals surface area (Å²) in [5.41, 5.74) is 0. The molecule has 0 bridgehead atoms. The van der Waals surface area contributed by atoms with Crippen LogP contribution in [0.4, 0.5) is 0 Å². The zero-order valence-electron chi connectivity index (χ0n) is 48.6. The maximum atomic E-state index is 13.7. The second-order valence-corrected chi connectivity index (χ2v) is 22.9. The highest BCUT2D eigenvalue weighted by molar-refractivity contribution is 5.80. The maximum Gasteiger partial charge on any atom is 0.249 e. The van der Waals surface area contributed by atoms with Crippen LogP contribution in [0.15, 0.2) is 0 Å². The smallest absolute Gasteiger partial charge is 0.249 e. The van der Waals surface area contributed by atoms with Crippen LogP contribution in [-0.2, 0) is 38.0 Å². The van der Waals surface area contributed by atoms with E-state index in [-0.39, 0.29) is 12.8 Å². The Morgan fingerprint density at radius 2 is 0.887 bits per heavy atom. The number of aliphatic hydroxyl groups is 12. The first-order valence-corrected chi connectivity index (χ1v) is 31.0. The van der Waals surface area contributed by atoms with Crippen LogP contribution >= 0.6 is 0 Å². The number of hydrogen-bond donors (Lipinski definition) is 14. The van der Waals surface area contributed by atoms with Crippen molar-refractivity contribution in [3.8, 4) is 0 Å². The first-order valence-electron chi connectivity index (χ1n) is 31.0. The minimum atomic E-state index is -2.01. The predicted octanol–water partition coefficient (Wildman–Crippen LogP) is 2.91. The average Bonchev–Trinajstić information content (AvgIpc) is 3.54. The minimum Gasteiger partial charge on any atom is -0.394 e. The average molecular weight is 1160 g/mol. The summed E-state index contributed by atoms with van der Waals surface area (Å²) in [6, 6.07) is -2.82. The van der Waals surface area contributed by atoms with Gasteiger partial charge < -0.3 is 100 Å². The van der Waals surface area contributed by atoms with E-state index in [1.807, 2.05) is 0 Å². The molecule has 19 unspecified atom stereocenters. The highest BCUT2D eigenvalue weighted by Gasteiger charge is 2.52. The molecule has 80 heavy (non-hydrogen) atoms. The third-order valence-corrected chi connectivity index (χ3v) is 16.0. The molecule has 0 saturated carbocycles. The Labute approximate surface area is 476 Å². The number of rotatable bonds is 45. The van der Waals surface area contributed by atoms with Gasteiger partial charge in [-0.2, -0.15) is 0 Å². The topological polar surface area (TPSA) is 356 Å². The van der Waals surface area contributed by atoms with Crippen LogP contribution in [0.3, 0.4) is 0 Å². The SMILES string of the molecule is CCCCCCCCCCCCCCCCCCCCC(O)C(=O)NC(COC1OC(COC2OC(CO)C(O)C(O)C2NC(C)=O)C(O)C(O)C1OC1OC(CO)C(O)C(O)C1O)C(O)C(O)CCCCCCCCCCCC. The van der Waals surface area contributed by atoms with E-state index in [0.29, 0.717) is 12.8 Å². The van der Waals surface area contributed by atoms with E-state index in [1.165, 1.54) is 109 Å². The van der Waals surface area contributed by atoms with Crippen molar-refractivity contribution < 1.29 is 99.3 Å². The maximum absolute atomic E-state index is 13.7. The second-order valence-electron chi connectivity index (χ2n) is 22.9. The van der Waals surface area contributed by atoms with Crippen molar-refractivity contribution in [2.75, 3.05) is 26.4 Å². The standard InChI is InChI=1S/C58H110N2O20/c1-4-6-8-10-12-14-16-17-18-19-20-21-22-23-25-27-29-31-33-41(65)55(74)60-39(46(66)40(64)32-30-28-26-24-15-13-11-9-7-5-2)36-75-58-54(80-57-53(73)51(71)48(68)43(35-62)78-57)52(72)49(69)44(79-58)37-76-56-45(59-38(3)63)50(70)47(67)42(34-61)77-56/h39-54,56-58,61-62,64-73H,4-37H2,1-3H3,(H,59,63)(H,60,74). The van der Waals surface area contributed by atoms with Crippen molar-refractivity contribution in [1.29, 1.82) is 0 Å². The molecule has 19 atom stereocenters. The molecule has 472 valence electrons. The number of carbonyl (C=O) groups is 2. The van der Waals surface area contributed by atoms with Gasteiger partial charge in [-0.05, 0) is 12.8 Å². The van der Waals surface area contributed by atoms with Gasteiger partial charge in [0.05, 0.1) is 38.6 Å². The lowest BCUT2D eigenvalue weighted by molar-refractivity contribution is -0.371. The molecular formula is C58H110N2O20. The molecule has 0 aromatic carbocycles. The lowest BCUT2D eigenvalue weighted by atomic mass is 9.96. The summed E-state index contributed by atoms with van der Waals surface area (Å²) >= 11 is 0. The zero-order chi connectivity index (χ0) is 58.8. The summed E-state index contributed by atoms with van der Waals surface area (Å²) in [5, 5.41) is 135. The Kier molecular flexibility index (Phi) is 38.1. The molecule has 3 rings (SSSR count). The summed E-state index contributed by atoms with van der Waals surface area (Å²) in [4.78, 5) is 25.8. The van der Waals surface area contributed by atoms with Gasteiger partial charge in [0.15, 0.2) is 18.9 Å². The van der Waals surface area contributed by atoms with Crippen molar-refractivity contribution in [2.45, 2.75) is 330 Å². The monoisotopic (exact) mass is 1150 g/mol. The lowest BCUT2D eigenvalue weighted by Crippen LogP contribution is -2.66. The molecule has 0 aromatic heterocycles. The van der Waals surface area contributed by atoms with Gasteiger partial charge in [0, 0.05) is 6.92 Å². The summed E-state index contributed by atoms with van der Waals surface area (Å²) in [7, 11) is 0. The normalized spacial score (nSPS) is 30.7. The van der Waals surface area contributed by atoms with E-state index in [4.69, 9.17) is 28.4 Å². The number of aliphatic hydroxyl groups excluding tert-OH is 12. The third kappa shape index (κ3) is 26.2. The van der Waals surface area contributed by atoms with Crippen molar-refractivity contribution >= 4 is 11.8 Å². The van der Waals surface area contributed by atoms with Crippen LogP contribution in [0.2, 0.25) is 0 Å². The van der Waals surface area contributed by atoms with E-state index >= 15 is 0 Å². The minimum absolute atomic E-state index is 0.129. The first-order chi connectivity index (χ1) is 38.5. The Morgan fingerprint density at radius 1 is 0.475 bits per heavy atom. The lowest BCUT2D eigenvalue weighted by Gasteiger charge is -2.47. The van der Waals surface area contributed by atoms with Crippen LogP contribution in [0.25, 0.3) is 0 Å². The molecule has 22 heteroatoms. The summed E-state index contributed by atoms with van der Waals surface area (Å²) in [6.07, 6.45) is 3.18. The summed E-state index contributed by atoms with van der Waals surface area (Å²) in [5.74, 6) is -1.48. The van der Waals surface area contributed by atoms with Gasteiger partial charge in [-0.3, -0.25) is 9.59 Å². The van der Waals surface area contributed by atoms with E-state index in [0.717, 1.165) is 64.7 Å². The molecule has 0 aromatic rings. The van der Waals surface area contributed by atoms with Crippen LogP contribution in [-0.4, -0.2) is 216 Å². The number of unbranched alkanes of at least 4 members (excludes halogenated alkanes) is 26. The van der Waals surface area contributed by atoms with E-state index < -0.39 is 155 Å². The molecule has 3 fully saturated rings. The highest BCUT2D eigenvalue weighted by Crippen LogP contribution is 2.32. The van der Waals surface area contributed by atoms with Gasteiger partial charge in [0.1, 0.15) is 85.4 Å². The Hall–Kier alpha value is -1.78. The molecule has 3 aliphatic heterocycles. The fourth-order valence-electron chi connectivity index (χ4n) is 10.8. The fraction of sp³-hybridized carbons (Fsp3) is 0.966. The first kappa shape index (κ1) is 72.5. The van der Waals surface area contributed by atoms with Gasteiger partial charge in [0.2, 0.25) is 11.8 Å². The third-order valence-electron chi connectivity index (χ3n) is 16.0. The number of carbonyl (C=O) groups excluding carboxylic acids is 2. The van der Waals surface area contributed by atoms with Gasteiger partial charge in [-0.1, -0.05) is 194 Å². The summed E-state index contributed by atoms with van der Waals surface area (Å²) < 4.78 is 35.2. The molecular weight excluding hydrogens is 1040 g/mol. The predicted molar refractivity (Wildman–Crippen MR) is 296 cm³/mol. The molecule has 14 N–H and O–H groups in total. The Balaban J connectivity index is 1.70. The highest BCUT2D eigenvalue weighted by atomic mass is 16.8. The fourth-order valence-corrected chi connectivity index (χ4v) is 10.8. The zero-order valence-corrected chi connectivity index (χ0v) is 48.6. The Morgan fingerprint density at radius 3 is 1.35 bits per heavy atom. The van der Waals surface area contributed by atoms with Crippen molar-refractivity contribution in [2.24, 2.45) is 0 Å². The largest absolute Gasteiger partial charge is 0.394 e. The molecule has 3 aliphatic rings. The summed E-state index contributed by atoms with van der Waals surface area (Å²) in [6.45, 7) is 2.62. The second kappa shape index (κ2) is 42.1. The molecule has 22 nitrogen and oxygen atoms in total. The molecule has 0 spiro atoms. The van der Waals surface area contributed by atoms with Crippen molar-refractivity contribution in [3.63, 3.8) is 0 Å². The number of nitrogens with one attached hydrogen (secondary N) is 2. The Bertz CT molecular complexity index is 1580. The number of ether oxygens (including phenoxy) is 6. The van der Waals surface area contributed by atoms with Gasteiger partial charge in [0.25, 0.3) is 0 Å². The number of amides is 2. The molecule has 0 aliphatic carbocycles. The van der Waals surface area contributed by atoms with Crippen molar-refractivity contribution in [3.05, 3.63) is 0 Å². The van der Waals surface area contributed by atoms with Crippen LogP contribution < -0.4 is 10.6 Å². The molecule has 0 radical (unpaired) electrons.